The Morgan fingerprint density at radius 3 is 2.67 bits per heavy atom. The van der Waals surface area contributed by atoms with E-state index in [0.717, 1.165) is 15.6 Å². The lowest BCUT2D eigenvalue weighted by Crippen LogP contribution is -2.42. The molecule has 0 bridgehead atoms. The predicted molar refractivity (Wildman–Crippen MR) is 86.9 cm³/mol. The fourth-order valence-corrected chi connectivity index (χ4v) is 2.39. The van der Waals surface area contributed by atoms with Crippen molar-refractivity contribution in [2.45, 2.75) is 12.7 Å². The van der Waals surface area contributed by atoms with Crippen LogP contribution in [0.15, 0.2) is 58.6 Å². The summed E-state index contributed by atoms with van der Waals surface area (Å²) >= 11 is 3.41. The van der Waals surface area contributed by atoms with Gasteiger partial charge in [-0.05, 0) is 30.2 Å². The molecule has 0 aromatic heterocycles. The minimum absolute atomic E-state index is 0.209. The summed E-state index contributed by atoms with van der Waals surface area (Å²) in [5, 5.41) is 0. The zero-order valence-electron chi connectivity index (χ0n) is 12.0. The van der Waals surface area contributed by atoms with Gasteiger partial charge in [0, 0.05) is 11.6 Å². The van der Waals surface area contributed by atoms with E-state index in [0.29, 0.717) is 0 Å². The molecule has 0 spiro atoms. The highest BCUT2D eigenvalue weighted by atomic mass is 79.9. The van der Waals surface area contributed by atoms with Crippen molar-refractivity contribution < 1.29 is 14.3 Å². The molecule has 4 heteroatoms. The zero-order chi connectivity index (χ0) is 15.3. The highest BCUT2D eigenvalue weighted by Crippen LogP contribution is 2.30. The van der Waals surface area contributed by atoms with Gasteiger partial charge in [0.1, 0.15) is 0 Å². The van der Waals surface area contributed by atoms with Crippen molar-refractivity contribution in [1.29, 1.82) is 0 Å². The molecule has 3 nitrogen and oxygen atoms in total. The molecule has 0 radical (unpaired) electrons. The molecule has 1 aliphatic carbocycles. The molecule has 0 saturated heterocycles. The van der Waals surface area contributed by atoms with Crippen LogP contribution in [0.5, 0.6) is 0 Å². The van der Waals surface area contributed by atoms with E-state index >= 15 is 0 Å². The van der Waals surface area contributed by atoms with Gasteiger partial charge in [0.2, 0.25) is 5.78 Å². The van der Waals surface area contributed by atoms with Crippen LogP contribution in [-0.4, -0.2) is 25.3 Å². The van der Waals surface area contributed by atoms with Crippen molar-refractivity contribution in [3.63, 3.8) is 0 Å². The second-order valence-corrected chi connectivity index (χ2v) is 5.53. The van der Waals surface area contributed by atoms with Crippen LogP contribution < -0.4 is 0 Å². The second-order valence-electron chi connectivity index (χ2n) is 4.68. The first-order valence-electron chi connectivity index (χ1n) is 6.59. The lowest BCUT2D eigenvalue weighted by Gasteiger charge is -2.29. The van der Waals surface area contributed by atoms with Crippen LogP contribution in [0.25, 0.3) is 6.08 Å². The second kappa shape index (κ2) is 6.98. The van der Waals surface area contributed by atoms with Gasteiger partial charge in [-0.25, -0.2) is 0 Å². The molecule has 1 aromatic carbocycles. The molecule has 0 aliphatic heterocycles. The molecule has 21 heavy (non-hydrogen) atoms. The molecule has 1 unspecified atom stereocenters. The molecule has 0 amide bonds. The van der Waals surface area contributed by atoms with E-state index in [-0.39, 0.29) is 12.4 Å². The molecule has 2 rings (SSSR count). The fraction of sp³-hybridized carbons (Fsp3) is 0.235. The number of hydrogen-bond acceptors (Lipinski definition) is 3. The van der Waals surface area contributed by atoms with E-state index in [1.54, 1.807) is 6.08 Å². The van der Waals surface area contributed by atoms with Gasteiger partial charge < -0.3 is 9.47 Å². The molecule has 1 atom stereocenters. The van der Waals surface area contributed by atoms with E-state index in [4.69, 9.17) is 9.47 Å². The number of carbonyl (C=O) groups is 1. The van der Waals surface area contributed by atoms with Gasteiger partial charge >= 0.3 is 0 Å². The van der Waals surface area contributed by atoms with Crippen molar-refractivity contribution in [1.82, 2.24) is 0 Å². The van der Waals surface area contributed by atoms with E-state index in [1.165, 1.54) is 13.2 Å². The van der Waals surface area contributed by atoms with Crippen molar-refractivity contribution in [2.24, 2.45) is 0 Å². The Bertz CT molecular complexity index is 602. The van der Waals surface area contributed by atoms with Crippen LogP contribution in [0.2, 0.25) is 0 Å². The first-order chi connectivity index (χ1) is 10.1. The summed E-state index contributed by atoms with van der Waals surface area (Å²) in [6.07, 6.45) is 6.97. The Kier molecular flexibility index (Phi) is 5.28. The molecular formula is C17H17BrO3. The summed E-state index contributed by atoms with van der Waals surface area (Å²) < 4.78 is 11.8. The number of carbonyl (C=O) groups excluding carboxylic acids is 1. The number of ketones is 1. The molecule has 0 N–H and O–H groups in total. The molecule has 0 heterocycles. The summed E-state index contributed by atoms with van der Waals surface area (Å²) in [4.78, 5) is 12.2. The first-order valence-corrected chi connectivity index (χ1v) is 7.39. The van der Waals surface area contributed by atoms with E-state index in [9.17, 15) is 4.79 Å². The summed E-state index contributed by atoms with van der Waals surface area (Å²) in [5.41, 5.74) is 1.94. The molecule has 0 fully saturated rings. The summed E-state index contributed by atoms with van der Waals surface area (Å²) in [7, 11) is 1.46. The number of rotatable bonds is 5. The zero-order valence-corrected chi connectivity index (χ0v) is 13.6. The normalized spacial score (nSPS) is 22.3. The van der Waals surface area contributed by atoms with Crippen LogP contribution in [0.4, 0.5) is 0 Å². The van der Waals surface area contributed by atoms with Gasteiger partial charge in [0.05, 0.1) is 6.61 Å². The lowest BCUT2D eigenvalue weighted by molar-refractivity contribution is -0.187. The fourth-order valence-electron chi connectivity index (χ4n) is 1.97. The summed E-state index contributed by atoms with van der Waals surface area (Å²) in [6.45, 7) is 2.13. The Labute approximate surface area is 133 Å². The topological polar surface area (TPSA) is 35.5 Å². The minimum Gasteiger partial charge on any atom is -0.343 e. The summed E-state index contributed by atoms with van der Waals surface area (Å²) in [5.74, 6) is -1.56. The van der Waals surface area contributed by atoms with Crippen molar-refractivity contribution >= 4 is 27.8 Å². The van der Waals surface area contributed by atoms with Gasteiger partial charge in [-0.2, -0.15) is 0 Å². The largest absolute Gasteiger partial charge is 0.343 e. The van der Waals surface area contributed by atoms with E-state index < -0.39 is 5.79 Å². The molecule has 0 saturated carbocycles. The van der Waals surface area contributed by atoms with Crippen LogP contribution in [-0.2, 0) is 14.3 Å². The van der Waals surface area contributed by atoms with Crippen LogP contribution in [0, 0.1) is 0 Å². The molecule has 110 valence electrons. The first kappa shape index (κ1) is 15.9. The van der Waals surface area contributed by atoms with Gasteiger partial charge in [-0.1, -0.05) is 58.4 Å². The third-order valence-corrected chi connectivity index (χ3v) is 4.05. The average Bonchev–Trinajstić information content (AvgIpc) is 2.50. The van der Waals surface area contributed by atoms with Gasteiger partial charge in [-0.3, -0.25) is 4.79 Å². The Hall–Kier alpha value is -1.49. The third-order valence-electron chi connectivity index (χ3n) is 3.19. The van der Waals surface area contributed by atoms with Crippen molar-refractivity contribution in [3.05, 3.63) is 64.2 Å². The van der Waals surface area contributed by atoms with E-state index in [2.05, 4.69) is 15.9 Å². The Balaban J connectivity index is 2.04. The maximum absolute atomic E-state index is 12.2. The van der Waals surface area contributed by atoms with Crippen molar-refractivity contribution in [3.8, 4) is 0 Å². The lowest BCUT2D eigenvalue weighted by atomic mass is 10.0. The number of ether oxygens (including phenoxy) is 2. The predicted octanol–water partition coefficient (Wildman–Crippen LogP) is 3.87. The monoisotopic (exact) mass is 348 g/mol. The van der Waals surface area contributed by atoms with Crippen molar-refractivity contribution in [2.75, 3.05) is 13.7 Å². The number of methoxy groups -OCH3 is 1. The molecule has 1 aromatic rings. The summed E-state index contributed by atoms with van der Waals surface area (Å²) in [6, 6.07) is 9.89. The van der Waals surface area contributed by atoms with Gasteiger partial charge in [0.15, 0.2) is 0 Å². The molecular weight excluding hydrogens is 332 g/mol. The Morgan fingerprint density at radius 2 is 2.00 bits per heavy atom. The van der Waals surface area contributed by atoms with Crippen LogP contribution in [0.3, 0.4) is 0 Å². The highest BCUT2D eigenvalue weighted by Gasteiger charge is 2.39. The SMILES string of the molecule is COC1(OC/C=C/c2ccccc2)C=C(Br)C(C)=CC1=O. The van der Waals surface area contributed by atoms with Crippen LogP contribution >= 0.6 is 15.9 Å². The number of halogens is 1. The highest BCUT2D eigenvalue weighted by molar-refractivity contribution is 9.12. The van der Waals surface area contributed by atoms with Gasteiger partial charge in [0.25, 0.3) is 5.79 Å². The smallest absolute Gasteiger partial charge is 0.254 e. The number of allylic oxidation sites excluding steroid dienone is 2. The average molecular weight is 349 g/mol. The molecule has 1 aliphatic rings. The maximum atomic E-state index is 12.2. The maximum Gasteiger partial charge on any atom is 0.254 e. The number of hydrogen-bond donors (Lipinski definition) is 0. The minimum atomic E-state index is -1.35. The number of benzene rings is 1. The van der Waals surface area contributed by atoms with Gasteiger partial charge in [-0.15, -0.1) is 0 Å². The van der Waals surface area contributed by atoms with Crippen LogP contribution in [0.1, 0.15) is 12.5 Å². The Morgan fingerprint density at radius 1 is 1.29 bits per heavy atom. The third kappa shape index (κ3) is 3.79. The standard InChI is InChI=1S/C17H17BrO3/c1-13-11-16(19)17(20-2,12-15(13)18)21-10-6-9-14-7-4-3-5-8-14/h3-9,11-12H,10H2,1-2H3/b9-6+. The van der Waals surface area contributed by atoms with E-state index in [1.807, 2.05) is 49.4 Å². The quantitative estimate of drug-likeness (QED) is 0.757.